The van der Waals surface area contributed by atoms with Crippen molar-refractivity contribution >= 4 is 5.91 Å². The van der Waals surface area contributed by atoms with Crippen molar-refractivity contribution in [2.45, 2.75) is 20.3 Å². The van der Waals surface area contributed by atoms with Crippen LogP contribution in [0.2, 0.25) is 0 Å². The second-order valence-corrected chi connectivity index (χ2v) is 2.80. The van der Waals surface area contributed by atoms with Gasteiger partial charge in [0, 0.05) is 18.8 Å². The molecule has 0 aromatic rings. The van der Waals surface area contributed by atoms with Crippen molar-refractivity contribution in [1.82, 2.24) is 5.32 Å². The van der Waals surface area contributed by atoms with E-state index in [1.165, 1.54) is 0 Å². The highest BCUT2D eigenvalue weighted by atomic mass is 16.5. The quantitative estimate of drug-likeness (QED) is 0.363. The van der Waals surface area contributed by atoms with Gasteiger partial charge in [0.25, 0.3) is 5.91 Å². The molecule has 0 saturated heterocycles. The van der Waals surface area contributed by atoms with Crippen LogP contribution in [0.25, 0.3) is 0 Å². The summed E-state index contributed by atoms with van der Waals surface area (Å²) in [7, 11) is 0. The van der Waals surface area contributed by atoms with E-state index in [0.29, 0.717) is 18.8 Å². The molecular weight excluding hydrogens is 182 g/mol. The zero-order valence-electron chi connectivity index (χ0n) is 8.97. The van der Waals surface area contributed by atoms with Gasteiger partial charge < -0.3 is 14.8 Å². The van der Waals surface area contributed by atoms with Gasteiger partial charge in [-0.1, -0.05) is 13.5 Å². The van der Waals surface area contributed by atoms with E-state index in [9.17, 15) is 4.79 Å². The molecule has 0 rings (SSSR count). The smallest absolute Gasteiger partial charge is 0.250 e. The van der Waals surface area contributed by atoms with Crippen molar-refractivity contribution in [3.05, 3.63) is 12.2 Å². The van der Waals surface area contributed by atoms with E-state index < -0.39 is 0 Å². The molecule has 82 valence electrons. The van der Waals surface area contributed by atoms with Crippen LogP contribution in [0.4, 0.5) is 0 Å². The fraction of sp³-hybridized carbons (Fsp3) is 0.700. The van der Waals surface area contributed by atoms with Gasteiger partial charge in [0.1, 0.15) is 6.73 Å². The number of hydrogen-bond acceptors (Lipinski definition) is 3. The minimum atomic E-state index is -0.213. The second-order valence-electron chi connectivity index (χ2n) is 2.80. The summed E-state index contributed by atoms with van der Waals surface area (Å²) < 4.78 is 10.1. The lowest BCUT2D eigenvalue weighted by Gasteiger charge is -2.07. The lowest BCUT2D eigenvalue weighted by Crippen LogP contribution is -2.28. The summed E-state index contributed by atoms with van der Waals surface area (Å²) in [6.45, 7) is 9.23. The van der Waals surface area contributed by atoms with Crippen LogP contribution in [-0.4, -0.2) is 32.5 Å². The van der Waals surface area contributed by atoms with E-state index in [-0.39, 0.29) is 19.2 Å². The van der Waals surface area contributed by atoms with Crippen LogP contribution in [0.15, 0.2) is 12.2 Å². The largest absolute Gasteiger partial charge is 0.377 e. The van der Waals surface area contributed by atoms with Gasteiger partial charge in [-0.2, -0.15) is 0 Å². The normalized spacial score (nSPS) is 9.86. The van der Waals surface area contributed by atoms with Gasteiger partial charge in [-0.05, 0) is 13.3 Å². The SMILES string of the molecule is C=C(COCCC)C(=O)NCOCC. The monoisotopic (exact) mass is 201 g/mol. The first kappa shape index (κ1) is 13.1. The summed E-state index contributed by atoms with van der Waals surface area (Å²) in [5.41, 5.74) is 0.429. The highest BCUT2D eigenvalue weighted by Gasteiger charge is 2.05. The standard InChI is InChI=1S/C10H19NO3/c1-4-6-14-7-9(3)10(12)11-8-13-5-2/h3-8H2,1-2H3,(H,11,12). The molecule has 0 aliphatic heterocycles. The second kappa shape index (κ2) is 8.72. The Morgan fingerprint density at radius 3 is 2.64 bits per heavy atom. The molecule has 1 N–H and O–H groups in total. The maximum Gasteiger partial charge on any atom is 0.250 e. The van der Waals surface area contributed by atoms with Crippen LogP contribution >= 0.6 is 0 Å². The molecular formula is C10H19NO3. The van der Waals surface area contributed by atoms with Crippen LogP contribution in [-0.2, 0) is 14.3 Å². The minimum absolute atomic E-state index is 0.213. The van der Waals surface area contributed by atoms with Crippen molar-refractivity contribution in [2.24, 2.45) is 0 Å². The van der Waals surface area contributed by atoms with Gasteiger partial charge in [0.05, 0.1) is 6.61 Å². The van der Waals surface area contributed by atoms with Crippen molar-refractivity contribution in [1.29, 1.82) is 0 Å². The Morgan fingerprint density at radius 1 is 1.36 bits per heavy atom. The number of ether oxygens (including phenoxy) is 2. The minimum Gasteiger partial charge on any atom is -0.377 e. The molecule has 1 amide bonds. The van der Waals surface area contributed by atoms with E-state index in [1.807, 2.05) is 13.8 Å². The third-order valence-electron chi connectivity index (χ3n) is 1.48. The van der Waals surface area contributed by atoms with Gasteiger partial charge in [0.15, 0.2) is 0 Å². The number of rotatable bonds is 8. The maximum absolute atomic E-state index is 11.2. The zero-order chi connectivity index (χ0) is 10.8. The van der Waals surface area contributed by atoms with E-state index >= 15 is 0 Å². The number of amides is 1. The molecule has 0 radical (unpaired) electrons. The van der Waals surface area contributed by atoms with E-state index in [0.717, 1.165) is 6.42 Å². The van der Waals surface area contributed by atoms with Crippen LogP contribution in [0.3, 0.4) is 0 Å². The summed E-state index contributed by atoms with van der Waals surface area (Å²) in [5.74, 6) is -0.213. The van der Waals surface area contributed by atoms with E-state index in [1.54, 1.807) is 0 Å². The van der Waals surface area contributed by atoms with Gasteiger partial charge in [0.2, 0.25) is 0 Å². The molecule has 0 aliphatic rings. The Kier molecular flexibility index (Phi) is 8.17. The molecule has 0 bridgehead atoms. The molecule has 0 saturated carbocycles. The number of hydrogen-bond donors (Lipinski definition) is 1. The van der Waals surface area contributed by atoms with Crippen molar-refractivity contribution in [3.63, 3.8) is 0 Å². The summed E-state index contributed by atoms with van der Waals surface area (Å²) >= 11 is 0. The van der Waals surface area contributed by atoms with E-state index in [2.05, 4.69) is 11.9 Å². The van der Waals surface area contributed by atoms with Crippen molar-refractivity contribution < 1.29 is 14.3 Å². The van der Waals surface area contributed by atoms with Crippen LogP contribution in [0, 0.1) is 0 Å². The molecule has 0 fully saturated rings. The van der Waals surface area contributed by atoms with Gasteiger partial charge in [-0.3, -0.25) is 4.79 Å². The summed E-state index contributed by atoms with van der Waals surface area (Å²) in [4.78, 5) is 11.2. The molecule has 4 nitrogen and oxygen atoms in total. The molecule has 0 atom stereocenters. The number of nitrogens with one attached hydrogen (secondary N) is 1. The topological polar surface area (TPSA) is 47.6 Å². The molecule has 0 aromatic heterocycles. The molecule has 0 aliphatic carbocycles. The van der Waals surface area contributed by atoms with Crippen LogP contribution in [0.5, 0.6) is 0 Å². The molecule has 0 aromatic carbocycles. The Bertz CT molecular complexity index is 160. The van der Waals surface area contributed by atoms with Crippen LogP contribution < -0.4 is 5.32 Å². The zero-order valence-corrected chi connectivity index (χ0v) is 8.97. The number of carbonyl (C=O) groups is 1. The van der Waals surface area contributed by atoms with Crippen molar-refractivity contribution in [2.75, 3.05) is 26.6 Å². The number of carbonyl (C=O) groups excluding carboxylic acids is 1. The predicted octanol–water partition coefficient (Wildman–Crippen LogP) is 1.08. The third-order valence-corrected chi connectivity index (χ3v) is 1.48. The molecule has 4 heteroatoms. The maximum atomic E-state index is 11.2. The average Bonchev–Trinajstić information content (AvgIpc) is 2.18. The van der Waals surface area contributed by atoms with Crippen LogP contribution in [0.1, 0.15) is 20.3 Å². The Hall–Kier alpha value is -0.870. The van der Waals surface area contributed by atoms with Gasteiger partial charge in [-0.15, -0.1) is 0 Å². The molecule has 0 heterocycles. The predicted molar refractivity (Wildman–Crippen MR) is 54.9 cm³/mol. The highest BCUT2D eigenvalue weighted by Crippen LogP contribution is 1.92. The lowest BCUT2D eigenvalue weighted by molar-refractivity contribution is -0.119. The highest BCUT2D eigenvalue weighted by molar-refractivity contribution is 5.92. The average molecular weight is 201 g/mol. The summed E-state index contributed by atoms with van der Waals surface area (Å²) in [5, 5.41) is 2.57. The van der Waals surface area contributed by atoms with Crippen molar-refractivity contribution in [3.8, 4) is 0 Å². The first-order valence-electron chi connectivity index (χ1n) is 4.83. The molecule has 0 spiro atoms. The summed E-state index contributed by atoms with van der Waals surface area (Å²) in [6, 6.07) is 0. The summed E-state index contributed by atoms with van der Waals surface area (Å²) in [6.07, 6.45) is 0.938. The Balaban J connectivity index is 3.50. The fourth-order valence-corrected chi connectivity index (χ4v) is 0.749. The molecule has 0 unspecified atom stereocenters. The molecule has 14 heavy (non-hydrogen) atoms. The first-order valence-corrected chi connectivity index (χ1v) is 4.83. The van der Waals surface area contributed by atoms with E-state index in [4.69, 9.17) is 9.47 Å². The van der Waals surface area contributed by atoms with Gasteiger partial charge in [-0.25, -0.2) is 0 Å². The Labute approximate surface area is 85.3 Å². The van der Waals surface area contributed by atoms with Gasteiger partial charge >= 0.3 is 0 Å². The Morgan fingerprint density at radius 2 is 2.07 bits per heavy atom. The first-order chi connectivity index (χ1) is 6.72. The fourth-order valence-electron chi connectivity index (χ4n) is 0.749. The lowest BCUT2D eigenvalue weighted by atomic mass is 10.3. The third kappa shape index (κ3) is 6.62.